The fourth-order valence-electron chi connectivity index (χ4n) is 5.10. The third kappa shape index (κ3) is 6.34. The lowest BCUT2D eigenvalue weighted by molar-refractivity contribution is 0.0964. The zero-order valence-corrected chi connectivity index (χ0v) is 24.6. The summed E-state index contributed by atoms with van der Waals surface area (Å²) >= 11 is 0. The molecule has 0 unspecified atom stereocenters. The second-order valence-corrected chi connectivity index (χ2v) is 10.3. The van der Waals surface area contributed by atoms with Crippen molar-refractivity contribution in [2.45, 2.75) is 32.7 Å². The molecule has 3 aromatic heterocycles. The first kappa shape index (κ1) is 29.2. The summed E-state index contributed by atoms with van der Waals surface area (Å²) < 4.78 is 0. The van der Waals surface area contributed by atoms with Gasteiger partial charge in [0.25, 0.3) is 5.91 Å². The molecule has 1 aliphatic rings. The molecule has 1 amide bonds. The van der Waals surface area contributed by atoms with E-state index in [1.54, 1.807) is 25.6 Å². The van der Waals surface area contributed by atoms with E-state index in [9.17, 15) is 4.79 Å². The lowest BCUT2D eigenvalue weighted by Crippen LogP contribution is -2.49. The zero-order chi connectivity index (χ0) is 27.4. The quantitative estimate of drug-likeness (QED) is 0.330. The molecular weight excluding hydrogens is 520 g/mol. The Balaban J connectivity index is 0.00000370. The number of pyridine rings is 2. The third-order valence-corrected chi connectivity index (χ3v) is 7.47. The second kappa shape index (κ2) is 13.1. The van der Waals surface area contributed by atoms with Gasteiger partial charge in [-0.2, -0.15) is 13.5 Å². The number of piperazine rings is 1. The van der Waals surface area contributed by atoms with Gasteiger partial charge in [0.15, 0.2) is 0 Å². The minimum absolute atomic E-state index is 0. The van der Waals surface area contributed by atoms with Crippen LogP contribution in [0.1, 0.15) is 42.6 Å². The number of carbonyl (C=O) groups excluding carboxylic acids is 1. The molecule has 9 nitrogen and oxygen atoms in total. The molecule has 0 bridgehead atoms. The van der Waals surface area contributed by atoms with Crippen molar-refractivity contribution >= 4 is 41.9 Å². The van der Waals surface area contributed by atoms with Gasteiger partial charge < -0.3 is 15.5 Å². The van der Waals surface area contributed by atoms with Gasteiger partial charge in [-0.3, -0.25) is 14.7 Å². The number of carbonyl (C=O) groups is 1. The Morgan fingerprint density at radius 1 is 0.975 bits per heavy atom. The first-order valence-corrected chi connectivity index (χ1v) is 13.6. The topological polar surface area (TPSA) is 99.2 Å². The highest BCUT2D eigenvalue weighted by Gasteiger charge is 2.20. The van der Waals surface area contributed by atoms with Crippen LogP contribution in [-0.2, 0) is 0 Å². The normalized spacial score (nSPS) is 14.6. The van der Waals surface area contributed by atoms with Gasteiger partial charge >= 0.3 is 0 Å². The van der Waals surface area contributed by atoms with Gasteiger partial charge in [-0.05, 0) is 37.6 Å². The van der Waals surface area contributed by atoms with Gasteiger partial charge in [0.1, 0.15) is 18.0 Å². The van der Waals surface area contributed by atoms with Gasteiger partial charge in [-0.15, -0.1) is 0 Å². The SMILES string of the molecule is CNC(=O)c1ccnc2c([C@H](C)CNc3cc(-c4ccc(N5CCN(C(C)C)CC5)nc4)ncn3)cccc12.S. The smallest absolute Gasteiger partial charge is 0.251 e. The molecule has 10 heteroatoms. The van der Waals surface area contributed by atoms with Crippen LogP contribution in [-0.4, -0.2) is 76.6 Å². The van der Waals surface area contributed by atoms with Crippen molar-refractivity contribution in [3.05, 3.63) is 72.3 Å². The van der Waals surface area contributed by atoms with E-state index in [0.29, 0.717) is 18.2 Å². The molecule has 4 heterocycles. The van der Waals surface area contributed by atoms with Crippen LogP contribution in [0.25, 0.3) is 22.2 Å². The van der Waals surface area contributed by atoms with E-state index in [1.807, 2.05) is 24.4 Å². The molecule has 0 spiro atoms. The molecule has 40 heavy (non-hydrogen) atoms. The number of amides is 1. The van der Waals surface area contributed by atoms with Crippen LogP contribution in [0.2, 0.25) is 0 Å². The lowest BCUT2D eigenvalue weighted by Gasteiger charge is -2.37. The highest BCUT2D eigenvalue weighted by atomic mass is 32.1. The molecule has 0 saturated carbocycles. The average molecular weight is 559 g/mol. The highest BCUT2D eigenvalue weighted by Crippen LogP contribution is 2.27. The maximum absolute atomic E-state index is 12.3. The third-order valence-electron chi connectivity index (χ3n) is 7.47. The zero-order valence-electron chi connectivity index (χ0n) is 23.6. The van der Waals surface area contributed by atoms with E-state index in [1.165, 1.54) is 0 Å². The van der Waals surface area contributed by atoms with Crippen LogP contribution < -0.4 is 15.5 Å². The van der Waals surface area contributed by atoms with Gasteiger partial charge in [0.05, 0.1) is 16.8 Å². The number of anilines is 2. The van der Waals surface area contributed by atoms with E-state index >= 15 is 0 Å². The average Bonchev–Trinajstić information content (AvgIpc) is 2.99. The molecule has 1 fully saturated rings. The van der Waals surface area contributed by atoms with Crippen molar-refractivity contribution in [1.29, 1.82) is 0 Å². The van der Waals surface area contributed by atoms with Crippen LogP contribution in [0.3, 0.4) is 0 Å². The van der Waals surface area contributed by atoms with E-state index in [0.717, 1.165) is 65.5 Å². The molecule has 5 rings (SSSR count). The van der Waals surface area contributed by atoms with Crippen molar-refractivity contribution in [2.24, 2.45) is 0 Å². The van der Waals surface area contributed by atoms with Crippen LogP contribution in [0.15, 0.2) is 61.2 Å². The number of nitrogens with one attached hydrogen (secondary N) is 2. The standard InChI is InChI=1S/C30H36N8O.H2S/c1-20(2)37-12-14-38(15-13-37)28-9-8-22(18-34-28)26-16-27(36-19-35-26)33-17-21(3)23-6-5-7-24-25(30(39)31-4)10-11-32-29(23)24;/h5-11,16,18-21H,12-15,17H2,1-4H3,(H,31,39)(H,33,35,36);1H2/t21-;/m1./s1. The summed E-state index contributed by atoms with van der Waals surface area (Å²) in [4.78, 5) is 35.4. The number of fused-ring (bicyclic) bond motifs is 1. The minimum atomic E-state index is -0.116. The molecule has 210 valence electrons. The summed E-state index contributed by atoms with van der Waals surface area (Å²) in [6.07, 6.45) is 5.17. The molecule has 1 atom stereocenters. The van der Waals surface area contributed by atoms with Crippen molar-refractivity contribution in [1.82, 2.24) is 30.2 Å². The summed E-state index contributed by atoms with van der Waals surface area (Å²) in [6.45, 7) is 11.4. The predicted octanol–water partition coefficient (Wildman–Crippen LogP) is 4.31. The monoisotopic (exact) mass is 558 g/mol. The molecule has 1 aliphatic heterocycles. The van der Waals surface area contributed by atoms with E-state index in [4.69, 9.17) is 4.98 Å². The second-order valence-electron chi connectivity index (χ2n) is 10.3. The fourth-order valence-corrected chi connectivity index (χ4v) is 5.10. The van der Waals surface area contributed by atoms with Gasteiger partial charge in [0, 0.05) is 81.1 Å². The number of aromatic nitrogens is 4. The first-order valence-electron chi connectivity index (χ1n) is 13.6. The number of para-hydroxylation sites is 1. The highest BCUT2D eigenvalue weighted by molar-refractivity contribution is 7.59. The Labute approximate surface area is 242 Å². The van der Waals surface area contributed by atoms with Crippen molar-refractivity contribution in [3.8, 4) is 11.3 Å². The first-order chi connectivity index (χ1) is 18.9. The van der Waals surface area contributed by atoms with Crippen LogP contribution in [0.5, 0.6) is 0 Å². The number of rotatable bonds is 8. The Bertz CT molecular complexity index is 1440. The van der Waals surface area contributed by atoms with Crippen molar-refractivity contribution in [3.63, 3.8) is 0 Å². The van der Waals surface area contributed by atoms with Crippen molar-refractivity contribution in [2.75, 3.05) is 50.0 Å². The van der Waals surface area contributed by atoms with E-state index in [-0.39, 0.29) is 25.3 Å². The molecule has 1 saturated heterocycles. The largest absolute Gasteiger partial charge is 0.369 e. The predicted molar refractivity (Wildman–Crippen MR) is 167 cm³/mol. The maximum Gasteiger partial charge on any atom is 0.251 e. The minimum Gasteiger partial charge on any atom is -0.369 e. The lowest BCUT2D eigenvalue weighted by atomic mass is 9.96. The van der Waals surface area contributed by atoms with Crippen LogP contribution in [0.4, 0.5) is 11.6 Å². The summed E-state index contributed by atoms with van der Waals surface area (Å²) in [5.74, 6) is 1.78. The number of hydrogen-bond acceptors (Lipinski definition) is 8. The van der Waals surface area contributed by atoms with Gasteiger partial charge in [-0.25, -0.2) is 15.0 Å². The fraction of sp³-hybridized carbons (Fsp3) is 0.367. The number of hydrogen-bond donors (Lipinski definition) is 2. The van der Waals surface area contributed by atoms with E-state index in [2.05, 4.69) is 74.4 Å². The summed E-state index contributed by atoms with van der Waals surface area (Å²) in [5.41, 5.74) is 4.33. The number of nitrogens with zero attached hydrogens (tertiary/aromatic N) is 6. The molecule has 0 aliphatic carbocycles. The Hall–Kier alpha value is -3.76. The Kier molecular flexibility index (Phi) is 9.54. The van der Waals surface area contributed by atoms with Crippen molar-refractivity contribution < 1.29 is 4.79 Å². The number of benzene rings is 1. The summed E-state index contributed by atoms with van der Waals surface area (Å²) in [5, 5.41) is 7.01. The Morgan fingerprint density at radius 2 is 1.77 bits per heavy atom. The Morgan fingerprint density at radius 3 is 2.48 bits per heavy atom. The molecule has 0 radical (unpaired) electrons. The van der Waals surface area contributed by atoms with Crippen LogP contribution >= 0.6 is 13.5 Å². The maximum atomic E-state index is 12.3. The molecule has 2 N–H and O–H groups in total. The van der Waals surface area contributed by atoms with Gasteiger partial charge in [0.2, 0.25) is 0 Å². The van der Waals surface area contributed by atoms with Gasteiger partial charge in [-0.1, -0.05) is 25.1 Å². The summed E-state index contributed by atoms with van der Waals surface area (Å²) in [6, 6.07) is 14.4. The summed E-state index contributed by atoms with van der Waals surface area (Å²) in [7, 11) is 1.64. The molecule has 1 aromatic carbocycles. The van der Waals surface area contributed by atoms with Crippen LogP contribution in [0, 0.1) is 0 Å². The molecule has 4 aromatic rings. The molecular formula is C30H38N8OS. The van der Waals surface area contributed by atoms with E-state index < -0.39 is 0 Å².